The fraction of sp³-hybridized carbons (Fsp3) is 0.583. The molecule has 178 valence electrons. The molecule has 2 fully saturated rings. The summed E-state index contributed by atoms with van der Waals surface area (Å²) in [5.41, 5.74) is 2.65. The van der Waals surface area contributed by atoms with E-state index in [0.717, 1.165) is 50.0 Å². The van der Waals surface area contributed by atoms with E-state index < -0.39 is 6.04 Å². The van der Waals surface area contributed by atoms with Crippen LogP contribution < -0.4 is 16.0 Å². The van der Waals surface area contributed by atoms with E-state index in [1.807, 2.05) is 30.1 Å². The number of imide groups is 1. The van der Waals surface area contributed by atoms with Crippen LogP contribution in [-0.4, -0.2) is 72.2 Å². The quantitative estimate of drug-likeness (QED) is 0.390. The Bertz CT molecular complexity index is 925. The van der Waals surface area contributed by atoms with Crippen molar-refractivity contribution in [1.82, 2.24) is 25.8 Å². The second kappa shape index (κ2) is 10.4. The van der Waals surface area contributed by atoms with Gasteiger partial charge in [0, 0.05) is 50.6 Å². The molecule has 4 amide bonds. The van der Waals surface area contributed by atoms with Gasteiger partial charge in [0.15, 0.2) is 0 Å². The number of hydrogen-bond acceptors (Lipinski definition) is 6. The first-order valence-corrected chi connectivity index (χ1v) is 11.9. The molecule has 33 heavy (non-hydrogen) atoms. The zero-order chi connectivity index (χ0) is 23.4. The van der Waals surface area contributed by atoms with Gasteiger partial charge in [0.1, 0.15) is 6.04 Å². The molecule has 1 unspecified atom stereocenters. The van der Waals surface area contributed by atoms with Crippen LogP contribution in [0.5, 0.6) is 0 Å². The van der Waals surface area contributed by atoms with Crippen molar-refractivity contribution in [2.45, 2.75) is 63.7 Å². The molecule has 3 aliphatic rings. The van der Waals surface area contributed by atoms with Gasteiger partial charge in [0.25, 0.3) is 5.91 Å². The summed E-state index contributed by atoms with van der Waals surface area (Å²) in [7, 11) is 1.90. The predicted octanol–water partition coefficient (Wildman–Crippen LogP) is 0.528. The van der Waals surface area contributed by atoms with Gasteiger partial charge in [-0.2, -0.15) is 0 Å². The number of likely N-dealkylation sites (tertiary alicyclic amines) is 1. The molecule has 3 aliphatic heterocycles. The molecule has 1 atom stereocenters. The van der Waals surface area contributed by atoms with Gasteiger partial charge in [0.2, 0.25) is 17.7 Å². The van der Waals surface area contributed by atoms with Gasteiger partial charge in [-0.1, -0.05) is 12.1 Å². The maximum absolute atomic E-state index is 12.8. The Kier molecular flexibility index (Phi) is 7.39. The molecule has 0 radical (unpaired) electrons. The molecule has 4 rings (SSSR count). The second-order valence-electron chi connectivity index (χ2n) is 9.13. The number of benzene rings is 1. The Morgan fingerprint density at radius 1 is 1.15 bits per heavy atom. The Hall–Kier alpha value is -2.78. The number of nitrogens with one attached hydrogen (secondary N) is 3. The summed E-state index contributed by atoms with van der Waals surface area (Å²) >= 11 is 0. The number of piperidine rings is 2. The molecule has 0 spiro atoms. The lowest BCUT2D eigenvalue weighted by molar-refractivity contribution is -0.137. The predicted molar refractivity (Wildman–Crippen MR) is 122 cm³/mol. The number of nitrogens with zero attached hydrogens (tertiary/aromatic N) is 2. The molecule has 3 N–H and O–H groups in total. The molecular weight excluding hydrogens is 422 g/mol. The number of carbonyl (C=O) groups is 4. The summed E-state index contributed by atoms with van der Waals surface area (Å²) in [6, 6.07) is 5.61. The van der Waals surface area contributed by atoms with Crippen molar-refractivity contribution in [3.8, 4) is 0 Å². The topological polar surface area (TPSA) is 111 Å². The highest BCUT2D eigenvalue weighted by Gasteiger charge is 2.39. The molecule has 3 heterocycles. The van der Waals surface area contributed by atoms with Crippen molar-refractivity contribution in [1.29, 1.82) is 0 Å². The summed E-state index contributed by atoms with van der Waals surface area (Å²) in [5.74, 6) is -0.572. The zero-order valence-corrected chi connectivity index (χ0v) is 19.2. The Morgan fingerprint density at radius 3 is 2.67 bits per heavy atom. The molecule has 1 aromatic rings. The van der Waals surface area contributed by atoms with Crippen molar-refractivity contribution in [3.05, 3.63) is 34.9 Å². The van der Waals surface area contributed by atoms with E-state index in [-0.39, 0.29) is 30.0 Å². The normalized spacial score (nSPS) is 21.4. The van der Waals surface area contributed by atoms with Gasteiger partial charge < -0.3 is 20.4 Å². The van der Waals surface area contributed by atoms with Crippen LogP contribution >= 0.6 is 0 Å². The largest absolute Gasteiger partial charge is 0.343 e. The van der Waals surface area contributed by atoms with E-state index in [0.29, 0.717) is 37.5 Å². The van der Waals surface area contributed by atoms with E-state index in [2.05, 4.69) is 16.0 Å². The van der Waals surface area contributed by atoms with Crippen molar-refractivity contribution < 1.29 is 19.2 Å². The third-order valence-electron chi connectivity index (χ3n) is 6.85. The van der Waals surface area contributed by atoms with Crippen LogP contribution in [0.15, 0.2) is 18.2 Å². The van der Waals surface area contributed by atoms with Crippen LogP contribution in [0.1, 0.15) is 60.0 Å². The first-order valence-electron chi connectivity index (χ1n) is 11.9. The highest BCUT2D eigenvalue weighted by Crippen LogP contribution is 2.28. The Morgan fingerprint density at radius 2 is 1.94 bits per heavy atom. The van der Waals surface area contributed by atoms with E-state index in [1.165, 1.54) is 0 Å². The molecule has 0 bridgehead atoms. The lowest BCUT2D eigenvalue weighted by Gasteiger charge is -2.32. The minimum Gasteiger partial charge on any atom is -0.343 e. The average molecular weight is 456 g/mol. The van der Waals surface area contributed by atoms with Gasteiger partial charge >= 0.3 is 0 Å². The van der Waals surface area contributed by atoms with E-state index >= 15 is 0 Å². The molecular formula is C24H33N5O4. The maximum Gasteiger partial charge on any atom is 0.255 e. The summed E-state index contributed by atoms with van der Waals surface area (Å²) < 4.78 is 0. The molecule has 9 nitrogen and oxygen atoms in total. The zero-order valence-electron chi connectivity index (χ0n) is 19.2. The molecule has 2 saturated heterocycles. The van der Waals surface area contributed by atoms with Crippen LogP contribution in [0.4, 0.5) is 0 Å². The van der Waals surface area contributed by atoms with E-state index in [9.17, 15) is 19.2 Å². The first kappa shape index (κ1) is 23.4. The van der Waals surface area contributed by atoms with Crippen LogP contribution in [0.3, 0.4) is 0 Å². The third kappa shape index (κ3) is 5.42. The summed E-state index contributed by atoms with van der Waals surface area (Å²) in [6.45, 7) is 3.52. The lowest BCUT2D eigenvalue weighted by Crippen LogP contribution is -2.52. The van der Waals surface area contributed by atoms with Crippen molar-refractivity contribution in [2.24, 2.45) is 0 Å². The van der Waals surface area contributed by atoms with Gasteiger partial charge in [-0.15, -0.1) is 0 Å². The van der Waals surface area contributed by atoms with Crippen LogP contribution in [0.25, 0.3) is 0 Å². The van der Waals surface area contributed by atoms with Crippen LogP contribution in [-0.2, 0) is 27.5 Å². The monoisotopic (exact) mass is 455 g/mol. The summed E-state index contributed by atoms with van der Waals surface area (Å²) in [5, 5.41) is 9.00. The highest BCUT2D eigenvalue weighted by atomic mass is 16.2. The van der Waals surface area contributed by atoms with E-state index in [4.69, 9.17) is 0 Å². The molecule has 1 aromatic carbocycles. The van der Waals surface area contributed by atoms with Gasteiger partial charge in [0.05, 0.1) is 0 Å². The van der Waals surface area contributed by atoms with Crippen LogP contribution in [0, 0.1) is 0 Å². The number of amides is 4. The van der Waals surface area contributed by atoms with Crippen molar-refractivity contribution in [2.75, 3.05) is 26.7 Å². The Labute approximate surface area is 194 Å². The van der Waals surface area contributed by atoms with Crippen molar-refractivity contribution in [3.63, 3.8) is 0 Å². The molecule has 0 saturated carbocycles. The maximum atomic E-state index is 12.8. The van der Waals surface area contributed by atoms with Gasteiger partial charge in [-0.25, -0.2) is 0 Å². The Balaban J connectivity index is 1.27. The molecule has 0 aromatic heterocycles. The SMILES string of the molecule is CNCCCC(=O)N1CCC(NCc2ccc3c(c2)CN(C2CCC(=O)NC2=O)C3=O)CC1. The first-order chi connectivity index (χ1) is 16.0. The fourth-order valence-electron chi connectivity index (χ4n) is 4.91. The summed E-state index contributed by atoms with van der Waals surface area (Å²) in [6.07, 6.45) is 3.97. The highest BCUT2D eigenvalue weighted by molar-refractivity contribution is 6.05. The minimum atomic E-state index is -0.588. The second-order valence-corrected chi connectivity index (χ2v) is 9.13. The fourth-order valence-corrected chi connectivity index (χ4v) is 4.91. The standard InChI is InChI=1S/C24H33N5O4/c1-25-10-2-3-22(31)28-11-8-18(9-12-28)26-14-16-4-5-19-17(13-16)15-29(24(19)33)20-6-7-21(30)27-23(20)32/h4-5,13,18,20,25-26H,2-3,6-12,14-15H2,1H3,(H,27,30,32). The van der Waals surface area contributed by atoms with Crippen molar-refractivity contribution >= 4 is 23.6 Å². The number of rotatable bonds is 8. The molecule has 9 heteroatoms. The van der Waals surface area contributed by atoms with Gasteiger partial charge in [-0.3, -0.25) is 24.5 Å². The van der Waals surface area contributed by atoms with E-state index in [1.54, 1.807) is 4.90 Å². The van der Waals surface area contributed by atoms with Gasteiger partial charge in [-0.05, 0) is 56.5 Å². The summed E-state index contributed by atoms with van der Waals surface area (Å²) in [4.78, 5) is 52.3. The number of hydrogen-bond donors (Lipinski definition) is 3. The number of fused-ring (bicyclic) bond motifs is 1. The smallest absolute Gasteiger partial charge is 0.255 e. The molecule has 0 aliphatic carbocycles. The average Bonchev–Trinajstić information content (AvgIpc) is 3.13. The lowest BCUT2D eigenvalue weighted by atomic mass is 10.0. The third-order valence-corrected chi connectivity index (χ3v) is 6.85. The minimum absolute atomic E-state index is 0.147. The van der Waals surface area contributed by atoms with Crippen LogP contribution in [0.2, 0.25) is 0 Å². The number of carbonyl (C=O) groups excluding carboxylic acids is 4.